The summed E-state index contributed by atoms with van der Waals surface area (Å²) in [6.07, 6.45) is 6.12. The molecule has 2 heterocycles. The second-order valence-electron chi connectivity index (χ2n) is 4.77. The summed E-state index contributed by atoms with van der Waals surface area (Å²) in [6.45, 7) is 5.08. The lowest BCUT2D eigenvalue weighted by Gasteiger charge is -2.19. The third-order valence-electron chi connectivity index (χ3n) is 2.83. The quantitative estimate of drug-likeness (QED) is 0.740. The fourth-order valence-corrected chi connectivity index (χ4v) is 2.01. The molecule has 2 rings (SSSR count). The maximum atomic E-state index is 10.9. The molecule has 1 aliphatic heterocycles. The number of rotatable bonds is 2. The minimum Gasteiger partial charge on any atom is -0.370 e. The molecule has 15 heavy (non-hydrogen) atoms. The van der Waals surface area contributed by atoms with Gasteiger partial charge < -0.3 is 9.30 Å². The van der Waals surface area contributed by atoms with Crippen LogP contribution in [0.15, 0.2) is 29.3 Å². The Bertz CT molecular complexity index is 374. The number of ether oxygens (including phenoxy) is 1. The van der Waals surface area contributed by atoms with Gasteiger partial charge in [0, 0.05) is 31.1 Å². The topological polar surface area (TPSA) is 31.2 Å². The summed E-state index contributed by atoms with van der Waals surface area (Å²) >= 11 is 0. The second-order valence-corrected chi connectivity index (χ2v) is 4.77. The molecule has 1 aromatic heterocycles. The summed E-state index contributed by atoms with van der Waals surface area (Å²) in [7, 11) is 0. The molecular weight excluding hydrogens is 190 g/mol. The van der Waals surface area contributed by atoms with E-state index >= 15 is 0 Å². The first-order chi connectivity index (χ1) is 7.05. The van der Waals surface area contributed by atoms with E-state index in [2.05, 4.69) is 13.8 Å². The van der Waals surface area contributed by atoms with E-state index in [0.29, 0.717) is 0 Å². The second kappa shape index (κ2) is 3.81. The Morgan fingerprint density at radius 2 is 2.13 bits per heavy atom. The van der Waals surface area contributed by atoms with Gasteiger partial charge in [0.25, 0.3) is 0 Å². The molecular formula is C12H17NO2. The monoisotopic (exact) mass is 207 g/mol. The standard InChI is InChI=1S/C12H17NO2/c1-12(2)6-3-11(15-12)9-13-7-4-10(14)5-8-13/h4-5,7-8,11H,3,6,9H2,1-2H3. The zero-order chi connectivity index (χ0) is 10.9. The molecule has 0 saturated carbocycles. The van der Waals surface area contributed by atoms with Gasteiger partial charge in [-0.25, -0.2) is 0 Å². The van der Waals surface area contributed by atoms with Crippen molar-refractivity contribution in [3.8, 4) is 0 Å². The van der Waals surface area contributed by atoms with Crippen LogP contribution in [0.3, 0.4) is 0 Å². The van der Waals surface area contributed by atoms with Crippen LogP contribution in [0.5, 0.6) is 0 Å². The van der Waals surface area contributed by atoms with E-state index in [1.165, 1.54) is 0 Å². The first kappa shape index (κ1) is 10.4. The summed E-state index contributed by atoms with van der Waals surface area (Å²) in [5.41, 5.74) is 0.0721. The van der Waals surface area contributed by atoms with E-state index < -0.39 is 0 Å². The van der Waals surface area contributed by atoms with Crippen LogP contribution in [-0.4, -0.2) is 16.3 Å². The molecule has 1 fully saturated rings. The number of pyridine rings is 1. The molecule has 0 aromatic carbocycles. The van der Waals surface area contributed by atoms with Crippen molar-refractivity contribution in [3.63, 3.8) is 0 Å². The molecule has 1 saturated heterocycles. The Hall–Kier alpha value is -1.09. The highest BCUT2D eigenvalue weighted by atomic mass is 16.5. The minimum absolute atomic E-state index is 0.0176. The first-order valence-electron chi connectivity index (χ1n) is 5.39. The molecule has 0 bridgehead atoms. The van der Waals surface area contributed by atoms with Gasteiger partial charge >= 0.3 is 0 Å². The average molecular weight is 207 g/mol. The van der Waals surface area contributed by atoms with Gasteiger partial charge in [0.2, 0.25) is 0 Å². The third kappa shape index (κ3) is 2.69. The zero-order valence-electron chi connectivity index (χ0n) is 9.27. The third-order valence-corrected chi connectivity index (χ3v) is 2.83. The molecule has 82 valence electrons. The predicted octanol–water partition coefficient (Wildman–Crippen LogP) is 1.81. The van der Waals surface area contributed by atoms with Crippen molar-refractivity contribution in [2.75, 3.05) is 0 Å². The van der Waals surface area contributed by atoms with E-state index in [9.17, 15) is 4.79 Å². The van der Waals surface area contributed by atoms with Crippen LogP contribution in [0.25, 0.3) is 0 Å². The van der Waals surface area contributed by atoms with Crippen molar-refractivity contribution in [2.45, 2.75) is 44.9 Å². The lowest BCUT2D eigenvalue weighted by molar-refractivity contribution is -0.0217. The van der Waals surface area contributed by atoms with E-state index in [1.54, 1.807) is 12.1 Å². The average Bonchev–Trinajstić information content (AvgIpc) is 2.50. The van der Waals surface area contributed by atoms with Crippen LogP contribution < -0.4 is 5.43 Å². The molecule has 0 N–H and O–H groups in total. The summed E-state index contributed by atoms with van der Waals surface area (Å²) in [4.78, 5) is 10.9. The summed E-state index contributed by atoms with van der Waals surface area (Å²) in [5.74, 6) is 0. The highest BCUT2D eigenvalue weighted by molar-refractivity contribution is 4.94. The van der Waals surface area contributed by atoms with Crippen molar-refractivity contribution in [3.05, 3.63) is 34.7 Å². The van der Waals surface area contributed by atoms with Gasteiger partial charge in [-0.2, -0.15) is 0 Å². The van der Waals surface area contributed by atoms with Crippen molar-refractivity contribution in [1.82, 2.24) is 4.57 Å². The fourth-order valence-electron chi connectivity index (χ4n) is 2.01. The Balaban J connectivity index is 1.99. The summed E-state index contributed by atoms with van der Waals surface area (Å²) in [5, 5.41) is 0. The molecule has 0 amide bonds. The van der Waals surface area contributed by atoms with Gasteiger partial charge in [-0.05, 0) is 26.7 Å². The SMILES string of the molecule is CC1(C)CCC(Cn2ccc(=O)cc2)O1. The summed E-state index contributed by atoms with van der Waals surface area (Å²) < 4.78 is 7.89. The molecule has 1 atom stereocenters. The van der Waals surface area contributed by atoms with E-state index in [0.717, 1.165) is 19.4 Å². The van der Waals surface area contributed by atoms with Crippen LogP contribution in [0, 0.1) is 0 Å². The molecule has 0 aliphatic carbocycles. The molecule has 3 nitrogen and oxygen atoms in total. The van der Waals surface area contributed by atoms with Crippen LogP contribution in [-0.2, 0) is 11.3 Å². The minimum atomic E-state index is 0.0176. The Labute approximate surface area is 89.7 Å². The maximum Gasteiger partial charge on any atom is 0.181 e. The Kier molecular flexibility index (Phi) is 2.65. The van der Waals surface area contributed by atoms with Crippen LogP contribution in [0.4, 0.5) is 0 Å². The van der Waals surface area contributed by atoms with Crippen LogP contribution >= 0.6 is 0 Å². The van der Waals surface area contributed by atoms with Gasteiger partial charge in [0.1, 0.15) is 0 Å². The number of hydrogen-bond donors (Lipinski definition) is 0. The molecule has 0 radical (unpaired) electrons. The number of aromatic nitrogens is 1. The van der Waals surface area contributed by atoms with Crippen molar-refractivity contribution in [2.24, 2.45) is 0 Å². The van der Waals surface area contributed by atoms with E-state index in [4.69, 9.17) is 4.74 Å². The molecule has 1 aliphatic rings. The van der Waals surface area contributed by atoms with Crippen molar-refractivity contribution >= 4 is 0 Å². The molecule has 1 aromatic rings. The van der Waals surface area contributed by atoms with Crippen molar-refractivity contribution in [1.29, 1.82) is 0 Å². The number of hydrogen-bond acceptors (Lipinski definition) is 2. The van der Waals surface area contributed by atoms with Gasteiger partial charge in [-0.3, -0.25) is 4.79 Å². The lowest BCUT2D eigenvalue weighted by Crippen LogP contribution is -2.23. The predicted molar refractivity (Wildman–Crippen MR) is 58.9 cm³/mol. The van der Waals surface area contributed by atoms with Gasteiger partial charge in [-0.1, -0.05) is 0 Å². The summed E-state index contributed by atoms with van der Waals surface area (Å²) in [6, 6.07) is 3.17. The highest BCUT2D eigenvalue weighted by Crippen LogP contribution is 2.29. The van der Waals surface area contributed by atoms with Crippen LogP contribution in [0.2, 0.25) is 0 Å². The normalized spacial score (nSPS) is 24.3. The van der Waals surface area contributed by atoms with Gasteiger partial charge in [0.15, 0.2) is 5.43 Å². The Morgan fingerprint density at radius 3 is 2.67 bits per heavy atom. The maximum absolute atomic E-state index is 10.9. The van der Waals surface area contributed by atoms with Gasteiger partial charge in [0.05, 0.1) is 11.7 Å². The first-order valence-corrected chi connectivity index (χ1v) is 5.39. The largest absolute Gasteiger partial charge is 0.370 e. The Morgan fingerprint density at radius 1 is 1.47 bits per heavy atom. The van der Waals surface area contributed by atoms with Gasteiger partial charge in [-0.15, -0.1) is 0 Å². The van der Waals surface area contributed by atoms with Crippen molar-refractivity contribution < 1.29 is 4.74 Å². The molecule has 3 heteroatoms. The van der Waals surface area contributed by atoms with E-state index in [-0.39, 0.29) is 17.1 Å². The van der Waals surface area contributed by atoms with E-state index in [1.807, 2.05) is 17.0 Å². The smallest absolute Gasteiger partial charge is 0.181 e. The number of nitrogens with zero attached hydrogens (tertiary/aromatic N) is 1. The molecule has 1 unspecified atom stereocenters. The van der Waals surface area contributed by atoms with Crippen LogP contribution in [0.1, 0.15) is 26.7 Å². The fraction of sp³-hybridized carbons (Fsp3) is 0.583. The lowest BCUT2D eigenvalue weighted by atomic mass is 10.1. The zero-order valence-corrected chi connectivity index (χ0v) is 9.27. The highest BCUT2D eigenvalue weighted by Gasteiger charge is 2.31. The molecule has 0 spiro atoms.